The number of amides is 1. The van der Waals surface area contributed by atoms with Crippen molar-refractivity contribution in [3.63, 3.8) is 0 Å². The summed E-state index contributed by atoms with van der Waals surface area (Å²) in [6, 6.07) is 4.00. The molecule has 144 valence electrons. The molecule has 1 aromatic carbocycles. The summed E-state index contributed by atoms with van der Waals surface area (Å²) in [6.45, 7) is 2.05. The number of carboxylic acids is 1. The number of likely N-dealkylation sites (tertiary alicyclic amines) is 1. The zero-order valence-electron chi connectivity index (χ0n) is 14.3. The molecule has 3 rings (SSSR count). The summed E-state index contributed by atoms with van der Waals surface area (Å²) in [7, 11) is 0. The molecule has 1 aliphatic rings. The van der Waals surface area contributed by atoms with Gasteiger partial charge in [0.05, 0.1) is 23.4 Å². The zero-order valence-corrected chi connectivity index (χ0v) is 14.3. The summed E-state index contributed by atoms with van der Waals surface area (Å²) >= 11 is 0. The minimum atomic E-state index is -4.50. The summed E-state index contributed by atoms with van der Waals surface area (Å²) in [5.41, 5.74) is -0.769. The molecule has 0 spiro atoms. The average Bonchev–Trinajstić information content (AvgIpc) is 3.10. The largest absolute Gasteiger partial charge is 0.481 e. The van der Waals surface area contributed by atoms with Gasteiger partial charge in [-0.15, -0.1) is 5.10 Å². The minimum absolute atomic E-state index is 0.0506. The maximum absolute atomic E-state index is 12.9. The first-order valence-corrected chi connectivity index (χ1v) is 8.32. The summed E-state index contributed by atoms with van der Waals surface area (Å²) in [4.78, 5) is 25.4. The number of piperidine rings is 1. The van der Waals surface area contributed by atoms with Crippen LogP contribution < -0.4 is 0 Å². The second kappa shape index (κ2) is 7.01. The lowest BCUT2D eigenvalue weighted by molar-refractivity contribution is -0.145. The lowest BCUT2D eigenvalue weighted by atomic mass is 9.90. The topological polar surface area (TPSA) is 88.3 Å². The highest BCUT2D eigenvalue weighted by atomic mass is 19.4. The lowest BCUT2D eigenvalue weighted by Gasteiger charge is -2.36. The summed E-state index contributed by atoms with van der Waals surface area (Å²) in [5, 5.41) is 16.8. The number of aromatic nitrogens is 3. The molecular weight excluding hydrogens is 365 g/mol. The number of carbonyl (C=O) groups is 2. The zero-order chi connectivity index (χ0) is 19.8. The van der Waals surface area contributed by atoms with E-state index in [-0.39, 0.29) is 11.4 Å². The number of carboxylic acid groups (broad SMARTS) is 1. The molecule has 2 heterocycles. The predicted octanol–water partition coefficient (Wildman–Crippen LogP) is 2.61. The summed E-state index contributed by atoms with van der Waals surface area (Å²) in [5.74, 6) is -2.12. The fourth-order valence-corrected chi connectivity index (χ4v) is 3.22. The van der Waals surface area contributed by atoms with E-state index < -0.39 is 35.6 Å². The van der Waals surface area contributed by atoms with E-state index in [1.165, 1.54) is 23.2 Å². The van der Waals surface area contributed by atoms with E-state index in [1.54, 1.807) is 6.92 Å². The Morgan fingerprint density at radius 2 is 2.04 bits per heavy atom. The maximum atomic E-state index is 12.9. The Morgan fingerprint density at radius 1 is 1.30 bits per heavy atom. The first kappa shape index (κ1) is 18.9. The van der Waals surface area contributed by atoms with Gasteiger partial charge in [0.15, 0.2) is 5.69 Å². The van der Waals surface area contributed by atoms with Crippen molar-refractivity contribution < 1.29 is 27.9 Å². The van der Waals surface area contributed by atoms with Gasteiger partial charge in [-0.3, -0.25) is 9.59 Å². The van der Waals surface area contributed by atoms with Gasteiger partial charge < -0.3 is 10.0 Å². The Balaban J connectivity index is 1.83. The molecule has 2 atom stereocenters. The van der Waals surface area contributed by atoms with Gasteiger partial charge in [0, 0.05) is 12.6 Å². The van der Waals surface area contributed by atoms with Crippen LogP contribution in [0.5, 0.6) is 0 Å². The fourth-order valence-electron chi connectivity index (χ4n) is 3.22. The van der Waals surface area contributed by atoms with Crippen LogP contribution in [-0.2, 0) is 11.0 Å². The van der Waals surface area contributed by atoms with Crippen LogP contribution in [0.2, 0.25) is 0 Å². The van der Waals surface area contributed by atoms with E-state index in [0.717, 1.165) is 16.8 Å². The highest BCUT2D eigenvalue weighted by Crippen LogP contribution is 2.30. The van der Waals surface area contributed by atoms with Gasteiger partial charge in [0.25, 0.3) is 5.91 Å². The van der Waals surface area contributed by atoms with E-state index in [9.17, 15) is 27.9 Å². The Kier molecular flexibility index (Phi) is 4.90. The predicted molar refractivity (Wildman–Crippen MR) is 87.2 cm³/mol. The number of alkyl halides is 3. The highest BCUT2D eigenvalue weighted by molar-refractivity contribution is 5.92. The van der Waals surface area contributed by atoms with Crippen LogP contribution in [0.25, 0.3) is 5.69 Å². The number of carbonyl (C=O) groups excluding carboxylic acids is 1. The maximum Gasteiger partial charge on any atom is 0.416 e. The van der Waals surface area contributed by atoms with Crippen molar-refractivity contribution in [1.82, 2.24) is 19.9 Å². The van der Waals surface area contributed by atoms with E-state index in [0.29, 0.717) is 19.4 Å². The third kappa shape index (κ3) is 3.79. The third-order valence-electron chi connectivity index (χ3n) is 4.72. The van der Waals surface area contributed by atoms with Crippen LogP contribution >= 0.6 is 0 Å². The third-order valence-corrected chi connectivity index (χ3v) is 4.72. The number of hydrogen-bond donors (Lipinski definition) is 1. The molecule has 1 amide bonds. The quantitative estimate of drug-likeness (QED) is 0.882. The number of rotatable bonds is 3. The van der Waals surface area contributed by atoms with Crippen LogP contribution in [-0.4, -0.2) is 49.5 Å². The molecule has 1 aromatic heterocycles. The SMILES string of the molecule is C[C@@H]1[C@H](C(=O)O)CCCN1C(=O)c1cn(-c2cccc(C(F)(F)F)c2)nn1. The van der Waals surface area contributed by atoms with Gasteiger partial charge in [-0.25, -0.2) is 4.68 Å². The van der Waals surface area contributed by atoms with Crippen molar-refractivity contribution >= 4 is 11.9 Å². The summed E-state index contributed by atoms with van der Waals surface area (Å²) in [6.07, 6.45) is -2.22. The number of hydrogen-bond acceptors (Lipinski definition) is 4. The van der Waals surface area contributed by atoms with Gasteiger partial charge in [-0.2, -0.15) is 13.2 Å². The molecule has 0 unspecified atom stereocenters. The van der Waals surface area contributed by atoms with Gasteiger partial charge in [-0.05, 0) is 38.0 Å². The Morgan fingerprint density at radius 3 is 2.70 bits per heavy atom. The summed E-state index contributed by atoms with van der Waals surface area (Å²) < 4.78 is 39.6. The lowest BCUT2D eigenvalue weighted by Crippen LogP contribution is -2.49. The van der Waals surface area contributed by atoms with Crippen molar-refractivity contribution in [3.8, 4) is 5.69 Å². The van der Waals surface area contributed by atoms with Crippen molar-refractivity contribution in [2.24, 2.45) is 5.92 Å². The van der Waals surface area contributed by atoms with Gasteiger partial charge >= 0.3 is 12.1 Å². The molecule has 0 radical (unpaired) electrons. The molecular formula is C17H17F3N4O3. The second-order valence-electron chi connectivity index (χ2n) is 6.42. The smallest absolute Gasteiger partial charge is 0.416 e. The van der Waals surface area contributed by atoms with Crippen molar-refractivity contribution in [2.45, 2.75) is 32.0 Å². The van der Waals surface area contributed by atoms with Crippen LogP contribution in [0.15, 0.2) is 30.5 Å². The highest BCUT2D eigenvalue weighted by Gasteiger charge is 2.36. The average molecular weight is 382 g/mol. The van der Waals surface area contributed by atoms with E-state index in [2.05, 4.69) is 10.3 Å². The van der Waals surface area contributed by atoms with Gasteiger partial charge in [-0.1, -0.05) is 11.3 Å². The Hall–Kier alpha value is -2.91. The van der Waals surface area contributed by atoms with Gasteiger partial charge in [0.1, 0.15) is 0 Å². The molecule has 7 nitrogen and oxygen atoms in total. The first-order chi connectivity index (χ1) is 12.7. The molecule has 0 aliphatic carbocycles. The van der Waals surface area contributed by atoms with Crippen LogP contribution in [0.4, 0.5) is 13.2 Å². The number of aliphatic carboxylic acids is 1. The van der Waals surface area contributed by atoms with E-state index in [4.69, 9.17) is 0 Å². The fraction of sp³-hybridized carbons (Fsp3) is 0.412. The van der Waals surface area contributed by atoms with Gasteiger partial charge in [0.2, 0.25) is 0 Å². The first-order valence-electron chi connectivity index (χ1n) is 8.32. The molecule has 0 bridgehead atoms. The van der Waals surface area contributed by atoms with Crippen molar-refractivity contribution in [2.75, 3.05) is 6.54 Å². The van der Waals surface area contributed by atoms with E-state index in [1.807, 2.05) is 0 Å². The van der Waals surface area contributed by atoms with Crippen LogP contribution in [0.1, 0.15) is 35.8 Å². The molecule has 10 heteroatoms. The standard InChI is InChI=1S/C17H17F3N4O3/c1-10-13(16(26)27)6-3-7-23(10)15(25)14-9-24(22-21-14)12-5-2-4-11(8-12)17(18,19)20/h2,4-5,8-10,13H,3,6-7H2,1H3,(H,26,27)/t10-,13-/m1/s1. The molecule has 27 heavy (non-hydrogen) atoms. The van der Waals surface area contributed by atoms with Crippen molar-refractivity contribution in [3.05, 3.63) is 41.7 Å². The molecule has 1 N–H and O–H groups in total. The molecule has 0 saturated carbocycles. The Labute approximate surface area is 152 Å². The monoisotopic (exact) mass is 382 g/mol. The van der Waals surface area contributed by atoms with E-state index >= 15 is 0 Å². The number of nitrogens with zero attached hydrogens (tertiary/aromatic N) is 4. The molecule has 2 aromatic rings. The molecule has 1 aliphatic heterocycles. The molecule has 1 saturated heterocycles. The van der Waals surface area contributed by atoms with Crippen LogP contribution in [0.3, 0.4) is 0 Å². The number of benzene rings is 1. The normalized spacial score (nSPS) is 20.5. The number of halogens is 3. The Bertz CT molecular complexity index is 865. The van der Waals surface area contributed by atoms with Crippen LogP contribution in [0, 0.1) is 5.92 Å². The van der Waals surface area contributed by atoms with Crippen molar-refractivity contribution in [1.29, 1.82) is 0 Å². The second-order valence-corrected chi connectivity index (χ2v) is 6.42. The minimum Gasteiger partial charge on any atom is -0.481 e. The molecule has 1 fully saturated rings.